The molecular weight excluding hydrogens is 326 g/mol. The van der Waals surface area contributed by atoms with Crippen LogP contribution in [0.4, 0.5) is 14.5 Å². The van der Waals surface area contributed by atoms with Crippen LogP contribution in [0.1, 0.15) is 25.7 Å². The van der Waals surface area contributed by atoms with Crippen LogP contribution in [0.15, 0.2) is 24.4 Å². The third-order valence-electron chi connectivity index (χ3n) is 5.06. The summed E-state index contributed by atoms with van der Waals surface area (Å²) in [5.74, 6) is -1.19. The van der Waals surface area contributed by atoms with Gasteiger partial charge < -0.3 is 14.4 Å². The van der Waals surface area contributed by atoms with Crippen molar-refractivity contribution in [3.63, 3.8) is 0 Å². The van der Waals surface area contributed by atoms with Crippen molar-refractivity contribution in [2.24, 2.45) is 0 Å². The van der Waals surface area contributed by atoms with Gasteiger partial charge in [0.25, 0.3) is 0 Å². The zero-order valence-corrected chi connectivity index (χ0v) is 14.1. The maximum absolute atomic E-state index is 14.0. The van der Waals surface area contributed by atoms with Crippen molar-refractivity contribution in [2.75, 3.05) is 31.2 Å². The van der Waals surface area contributed by atoms with Crippen molar-refractivity contribution >= 4 is 16.6 Å². The second kappa shape index (κ2) is 7.22. The minimum absolute atomic E-state index is 0.218. The van der Waals surface area contributed by atoms with E-state index < -0.39 is 11.6 Å². The molecule has 25 heavy (non-hydrogen) atoms. The number of halogens is 2. The van der Waals surface area contributed by atoms with Crippen LogP contribution in [0.25, 0.3) is 10.9 Å². The highest BCUT2D eigenvalue weighted by atomic mass is 19.1. The van der Waals surface area contributed by atoms with E-state index in [9.17, 15) is 8.78 Å². The predicted molar refractivity (Wildman–Crippen MR) is 91.8 cm³/mol. The summed E-state index contributed by atoms with van der Waals surface area (Å²) in [6.07, 6.45) is 6.05. The van der Waals surface area contributed by atoms with E-state index in [4.69, 9.17) is 9.47 Å². The Morgan fingerprint density at radius 1 is 1.20 bits per heavy atom. The van der Waals surface area contributed by atoms with Gasteiger partial charge in [-0.05, 0) is 37.8 Å². The number of nitrogens with zero attached hydrogens (tertiary/aromatic N) is 2. The average molecular weight is 348 g/mol. The van der Waals surface area contributed by atoms with Gasteiger partial charge in [-0.1, -0.05) is 0 Å². The molecule has 0 aliphatic carbocycles. The molecule has 6 heteroatoms. The van der Waals surface area contributed by atoms with Gasteiger partial charge in [-0.3, -0.25) is 4.98 Å². The van der Waals surface area contributed by atoms with Crippen molar-refractivity contribution < 1.29 is 18.3 Å². The van der Waals surface area contributed by atoms with Crippen molar-refractivity contribution in [2.45, 2.75) is 37.9 Å². The zero-order chi connectivity index (χ0) is 17.2. The monoisotopic (exact) mass is 348 g/mol. The number of fused-ring (bicyclic) bond motifs is 1. The Balaban J connectivity index is 1.43. The van der Waals surface area contributed by atoms with Gasteiger partial charge in [0, 0.05) is 43.0 Å². The molecule has 4 nitrogen and oxygen atoms in total. The molecule has 0 N–H and O–H groups in total. The van der Waals surface area contributed by atoms with Crippen molar-refractivity contribution in [3.05, 3.63) is 36.0 Å². The first kappa shape index (κ1) is 16.7. The highest BCUT2D eigenvalue weighted by molar-refractivity contribution is 5.92. The Hall–Kier alpha value is -1.79. The molecule has 4 rings (SSSR count). The first-order valence-corrected chi connectivity index (χ1v) is 8.92. The van der Waals surface area contributed by atoms with E-state index in [1.165, 1.54) is 6.07 Å². The molecule has 2 aliphatic rings. The fourth-order valence-electron chi connectivity index (χ4n) is 3.72. The fourth-order valence-corrected chi connectivity index (χ4v) is 3.72. The molecule has 0 spiro atoms. The lowest BCUT2D eigenvalue weighted by Crippen LogP contribution is -2.38. The van der Waals surface area contributed by atoms with Crippen molar-refractivity contribution in [3.8, 4) is 0 Å². The molecule has 134 valence electrons. The SMILES string of the molecule is Fc1cc(F)c2nccc(N3CCC(OCC4CCCO4)CC3)c2c1. The summed E-state index contributed by atoms with van der Waals surface area (Å²) in [7, 11) is 0. The van der Waals surface area contributed by atoms with Crippen molar-refractivity contribution in [1.82, 2.24) is 4.98 Å². The summed E-state index contributed by atoms with van der Waals surface area (Å²) >= 11 is 0. The van der Waals surface area contributed by atoms with Gasteiger partial charge in [0.15, 0.2) is 5.82 Å². The van der Waals surface area contributed by atoms with Crippen LogP contribution in [-0.2, 0) is 9.47 Å². The van der Waals surface area contributed by atoms with Gasteiger partial charge in [0.1, 0.15) is 11.3 Å². The third-order valence-corrected chi connectivity index (χ3v) is 5.06. The maximum atomic E-state index is 14.0. The van der Waals surface area contributed by atoms with E-state index in [-0.39, 0.29) is 17.7 Å². The molecule has 1 aromatic heterocycles. The molecule has 2 aromatic rings. The Labute approximate surface area is 145 Å². The van der Waals surface area contributed by atoms with E-state index in [0.29, 0.717) is 12.0 Å². The van der Waals surface area contributed by atoms with Crippen LogP contribution in [0, 0.1) is 11.6 Å². The molecule has 0 radical (unpaired) electrons. The number of ether oxygens (including phenoxy) is 2. The van der Waals surface area contributed by atoms with E-state index in [1.54, 1.807) is 6.20 Å². The van der Waals surface area contributed by atoms with Gasteiger partial charge in [0.2, 0.25) is 0 Å². The molecule has 3 heterocycles. The van der Waals surface area contributed by atoms with Crippen LogP contribution in [-0.4, -0.2) is 43.5 Å². The highest BCUT2D eigenvalue weighted by Crippen LogP contribution is 2.30. The van der Waals surface area contributed by atoms with Crippen LogP contribution in [0.2, 0.25) is 0 Å². The molecule has 0 bridgehead atoms. The molecule has 1 unspecified atom stereocenters. The lowest BCUT2D eigenvalue weighted by Gasteiger charge is -2.34. The number of benzene rings is 1. The van der Waals surface area contributed by atoms with Gasteiger partial charge in [-0.25, -0.2) is 8.78 Å². The van der Waals surface area contributed by atoms with Gasteiger partial charge in [-0.2, -0.15) is 0 Å². The average Bonchev–Trinajstić information content (AvgIpc) is 3.13. The number of anilines is 1. The first-order valence-electron chi connectivity index (χ1n) is 8.92. The van der Waals surface area contributed by atoms with Gasteiger partial charge >= 0.3 is 0 Å². The summed E-state index contributed by atoms with van der Waals surface area (Å²) in [6, 6.07) is 4.07. The maximum Gasteiger partial charge on any atom is 0.152 e. The third kappa shape index (κ3) is 3.60. The molecule has 2 aliphatic heterocycles. The minimum Gasteiger partial charge on any atom is -0.376 e. The second-order valence-electron chi connectivity index (χ2n) is 6.77. The van der Waals surface area contributed by atoms with E-state index in [0.717, 1.165) is 57.1 Å². The largest absolute Gasteiger partial charge is 0.376 e. The second-order valence-corrected chi connectivity index (χ2v) is 6.77. The summed E-state index contributed by atoms with van der Waals surface area (Å²) in [5, 5.41) is 0.527. The molecule has 1 aromatic carbocycles. The van der Waals surface area contributed by atoms with E-state index >= 15 is 0 Å². The van der Waals surface area contributed by atoms with Crippen LogP contribution >= 0.6 is 0 Å². The quantitative estimate of drug-likeness (QED) is 0.844. The number of rotatable bonds is 4. The lowest BCUT2D eigenvalue weighted by atomic mass is 10.1. The van der Waals surface area contributed by atoms with Crippen LogP contribution in [0.5, 0.6) is 0 Å². The highest BCUT2D eigenvalue weighted by Gasteiger charge is 2.24. The van der Waals surface area contributed by atoms with E-state index in [2.05, 4.69) is 9.88 Å². The number of hydrogen-bond donors (Lipinski definition) is 0. The predicted octanol–water partition coefficient (Wildman–Crippen LogP) is 3.68. The van der Waals surface area contributed by atoms with Crippen LogP contribution in [0.3, 0.4) is 0 Å². The van der Waals surface area contributed by atoms with E-state index in [1.807, 2.05) is 6.07 Å². The summed E-state index contributed by atoms with van der Waals surface area (Å²) in [4.78, 5) is 6.22. The summed E-state index contributed by atoms with van der Waals surface area (Å²) in [5.41, 5.74) is 1.05. The molecule has 0 amide bonds. The van der Waals surface area contributed by atoms with Crippen molar-refractivity contribution in [1.29, 1.82) is 0 Å². The number of pyridine rings is 1. The fraction of sp³-hybridized carbons (Fsp3) is 0.526. The lowest BCUT2D eigenvalue weighted by molar-refractivity contribution is -0.0280. The molecular formula is C19H22F2N2O2. The normalized spacial score (nSPS) is 22.0. The van der Waals surface area contributed by atoms with Gasteiger partial charge in [-0.15, -0.1) is 0 Å². The Kier molecular flexibility index (Phi) is 4.81. The number of aromatic nitrogens is 1. The topological polar surface area (TPSA) is 34.6 Å². The standard InChI is InChI=1S/C19H22F2N2O2/c20-13-10-16-18(3-6-22-19(16)17(21)11-13)23-7-4-14(5-8-23)25-12-15-2-1-9-24-15/h3,6,10-11,14-15H,1-2,4-5,7-9,12H2. The Morgan fingerprint density at radius 2 is 2.04 bits per heavy atom. The van der Waals surface area contributed by atoms with Gasteiger partial charge in [0.05, 0.1) is 18.8 Å². The Morgan fingerprint density at radius 3 is 2.80 bits per heavy atom. The first-order chi connectivity index (χ1) is 12.2. The smallest absolute Gasteiger partial charge is 0.152 e. The zero-order valence-electron chi connectivity index (χ0n) is 14.1. The number of piperidine rings is 1. The molecule has 2 fully saturated rings. The molecule has 0 saturated carbocycles. The molecule has 2 saturated heterocycles. The number of hydrogen-bond acceptors (Lipinski definition) is 4. The summed E-state index contributed by atoms with van der Waals surface area (Å²) in [6.45, 7) is 3.11. The Bertz CT molecular complexity index is 742. The molecule has 1 atom stereocenters. The minimum atomic E-state index is -0.619. The summed E-state index contributed by atoms with van der Waals surface area (Å²) < 4.78 is 39.2. The van der Waals surface area contributed by atoms with Crippen LogP contribution < -0.4 is 4.90 Å².